The van der Waals surface area contributed by atoms with Crippen molar-refractivity contribution in [1.29, 1.82) is 0 Å². The molecular weight excluding hydrogens is 192 g/mol. The van der Waals surface area contributed by atoms with Crippen LogP contribution in [0.4, 0.5) is 0 Å². The fourth-order valence-electron chi connectivity index (χ4n) is 1.33. The van der Waals surface area contributed by atoms with Crippen molar-refractivity contribution in [2.75, 3.05) is 0 Å². The monoisotopic (exact) mass is 202 g/mol. The number of hydrogen-bond donors (Lipinski definition) is 3. The standard InChI is InChI=1S/C11H10N2O2/c1-6(12)8-2-7-3-10(14)11(15)4-9(7)13-5-8/h2-5,14-15H,1,12H2. The van der Waals surface area contributed by atoms with E-state index in [-0.39, 0.29) is 11.5 Å². The van der Waals surface area contributed by atoms with E-state index in [1.165, 1.54) is 12.1 Å². The van der Waals surface area contributed by atoms with Crippen LogP contribution >= 0.6 is 0 Å². The molecule has 1 aromatic heterocycles. The maximum absolute atomic E-state index is 9.32. The van der Waals surface area contributed by atoms with Crippen LogP contribution in [-0.2, 0) is 0 Å². The quantitative estimate of drug-likeness (QED) is 0.613. The zero-order valence-electron chi connectivity index (χ0n) is 7.94. The molecule has 1 heterocycles. The Morgan fingerprint density at radius 3 is 2.53 bits per heavy atom. The molecule has 4 N–H and O–H groups in total. The molecule has 0 amide bonds. The van der Waals surface area contributed by atoms with Gasteiger partial charge in [0.1, 0.15) is 0 Å². The van der Waals surface area contributed by atoms with E-state index in [4.69, 9.17) is 5.73 Å². The first-order valence-corrected chi connectivity index (χ1v) is 4.34. The molecule has 0 fully saturated rings. The first-order valence-electron chi connectivity index (χ1n) is 4.34. The molecule has 15 heavy (non-hydrogen) atoms. The van der Waals surface area contributed by atoms with E-state index < -0.39 is 0 Å². The summed E-state index contributed by atoms with van der Waals surface area (Å²) in [4.78, 5) is 4.09. The van der Waals surface area contributed by atoms with Crippen LogP contribution in [0.25, 0.3) is 16.6 Å². The molecule has 0 radical (unpaired) electrons. The summed E-state index contributed by atoms with van der Waals surface area (Å²) in [7, 11) is 0. The number of aromatic hydroxyl groups is 2. The number of rotatable bonds is 1. The molecule has 0 aliphatic carbocycles. The van der Waals surface area contributed by atoms with E-state index in [0.717, 1.165) is 0 Å². The Morgan fingerprint density at radius 1 is 1.20 bits per heavy atom. The number of phenolic OH excluding ortho intramolecular Hbond substituents is 2. The predicted molar refractivity (Wildman–Crippen MR) is 58.3 cm³/mol. The Bertz CT molecular complexity index is 550. The summed E-state index contributed by atoms with van der Waals surface area (Å²) in [5.74, 6) is -0.363. The molecule has 2 rings (SSSR count). The van der Waals surface area contributed by atoms with Crippen LogP contribution in [0, 0.1) is 0 Å². The minimum Gasteiger partial charge on any atom is -0.504 e. The van der Waals surface area contributed by atoms with Gasteiger partial charge in [-0.3, -0.25) is 4.98 Å². The van der Waals surface area contributed by atoms with Crippen molar-refractivity contribution in [2.24, 2.45) is 5.73 Å². The van der Waals surface area contributed by atoms with Crippen molar-refractivity contribution in [3.8, 4) is 11.5 Å². The Kier molecular flexibility index (Phi) is 1.97. The molecule has 0 bridgehead atoms. The Hall–Kier alpha value is -2.23. The molecule has 0 spiro atoms. The molecular formula is C11H10N2O2. The second-order valence-electron chi connectivity index (χ2n) is 3.28. The first kappa shape index (κ1) is 9.33. The molecule has 2 aromatic rings. The van der Waals surface area contributed by atoms with Crippen LogP contribution in [0.3, 0.4) is 0 Å². The highest BCUT2D eigenvalue weighted by molar-refractivity contribution is 5.84. The van der Waals surface area contributed by atoms with Crippen LogP contribution < -0.4 is 5.73 Å². The number of pyridine rings is 1. The second kappa shape index (κ2) is 3.16. The van der Waals surface area contributed by atoms with Crippen molar-refractivity contribution in [3.63, 3.8) is 0 Å². The summed E-state index contributed by atoms with van der Waals surface area (Å²) >= 11 is 0. The van der Waals surface area contributed by atoms with Gasteiger partial charge in [0.05, 0.1) is 5.52 Å². The highest BCUT2D eigenvalue weighted by Crippen LogP contribution is 2.29. The molecule has 0 atom stereocenters. The van der Waals surface area contributed by atoms with Gasteiger partial charge in [0.25, 0.3) is 0 Å². The third kappa shape index (κ3) is 1.57. The van der Waals surface area contributed by atoms with Gasteiger partial charge in [0.15, 0.2) is 11.5 Å². The van der Waals surface area contributed by atoms with Crippen LogP contribution in [0.2, 0.25) is 0 Å². The lowest BCUT2D eigenvalue weighted by molar-refractivity contribution is 0.405. The summed E-state index contributed by atoms with van der Waals surface area (Å²) in [6.07, 6.45) is 1.57. The van der Waals surface area contributed by atoms with Gasteiger partial charge in [-0.05, 0) is 12.1 Å². The highest BCUT2D eigenvalue weighted by Gasteiger charge is 2.04. The van der Waals surface area contributed by atoms with Crippen LogP contribution in [-0.4, -0.2) is 15.2 Å². The Morgan fingerprint density at radius 2 is 1.87 bits per heavy atom. The molecule has 76 valence electrons. The van der Waals surface area contributed by atoms with Gasteiger partial charge in [0, 0.05) is 28.9 Å². The number of fused-ring (bicyclic) bond motifs is 1. The molecule has 0 saturated carbocycles. The van der Waals surface area contributed by atoms with E-state index >= 15 is 0 Å². The van der Waals surface area contributed by atoms with E-state index in [0.29, 0.717) is 22.2 Å². The van der Waals surface area contributed by atoms with Gasteiger partial charge in [-0.15, -0.1) is 0 Å². The van der Waals surface area contributed by atoms with E-state index in [1.807, 2.05) is 0 Å². The SMILES string of the molecule is C=C(N)c1cnc2cc(O)c(O)cc2c1. The van der Waals surface area contributed by atoms with Crippen molar-refractivity contribution < 1.29 is 10.2 Å². The lowest BCUT2D eigenvalue weighted by Gasteiger charge is -2.04. The fraction of sp³-hybridized carbons (Fsp3) is 0. The summed E-state index contributed by atoms with van der Waals surface area (Å²) in [5.41, 5.74) is 7.23. The average molecular weight is 202 g/mol. The number of aromatic nitrogens is 1. The fourth-order valence-corrected chi connectivity index (χ4v) is 1.33. The van der Waals surface area contributed by atoms with Gasteiger partial charge in [-0.1, -0.05) is 6.58 Å². The van der Waals surface area contributed by atoms with Crippen molar-refractivity contribution in [1.82, 2.24) is 4.98 Å². The second-order valence-corrected chi connectivity index (χ2v) is 3.28. The van der Waals surface area contributed by atoms with Crippen molar-refractivity contribution >= 4 is 16.6 Å². The van der Waals surface area contributed by atoms with E-state index in [2.05, 4.69) is 11.6 Å². The Labute approximate surface area is 86.3 Å². The maximum Gasteiger partial charge on any atom is 0.159 e. The molecule has 0 aliphatic heterocycles. The zero-order valence-corrected chi connectivity index (χ0v) is 7.94. The summed E-state index contributed by atoms with van der Waals surface area (Å²) in [6.45, 7) is 3.60. The van der Waals surface area contributed by atoms with Crippen LogP contribution in [0.5, 0.6) is 11.5 Å². The Balaban J connectivity index is 2.72. The minimum atomic E-state index is -0.186. The third-order valence-electron chi connectivity index (χ3n) is 2.15. The van der Waals surface area contributed by atoms with Gasteiger partial charge in [-0.25, -0.2) is 0 Å². The molecule has 4 heteroatoms. The largest absolute Gasteiger partial charge is 0.504 e. The highest BCUT2D eigenvalue weighted by atomic mass is 16.3. The topological polar surface area (TPSA) is 79.4 Å². The predicted octanol–water partition coefficient (Wildman–Crippen LogP) is 1.58. The number of hydrogen-bond acceptors (Lipinski definition) is 4. The lowest BCUT2D eigenvalue weighted by Crippen LogP contribution is -1.94. The van der Waals surface area contributed by atoms with Crippen LogP contribution in [0.1, 0.15) is 5.56 Å². The van der Waals surface area contributed by atoms with Gasteiger partial charge in [-0.2, -0.15) is 0 Å². The number of nitrogens with zero attached hydrogens (tertiary/aromatic N) is 1. The maximum atomic E-state index is 9.32. The number of phenols is 2. The molecule has 4 nitrogen and oxygen atoms in total. The van der Waals surface area contributed by atoms with E-state index in [9.17, 15) is 10.2 Å². The van der Waals surface area contributed by atoms with Crippen molar-refractivity contribution in [3.05, 3.63) is 36.5 Å². The molecule has 0 saturated heterocycles. The van der Waals surface area contributed by atoms with Gasteiger partial charge >= 0.3 is 0 Å². The van der Waals surface area contributed by atoms with Gasteiger partial charge < -0.3 is 15.9 Å². The minimum absolute atomic E-state index is 0.177. The molecule has 1 aromatic carbocycles. The zero-order chi connectivity index (χ0) is 11.0. The third-order valence-corrected chi connectivity index (χ3v) is 2.15. The summed E-state index contributed by atoms with van der Waals surface area (Å²) in [5, 5.41) is 19.3. The smallest absolute Gasteiger partial charge is 0.159 e. The molecule has 0 unspecified atom stereocenters. The van der Waals surface area contributed by atoms with Gasteiger partial charge in [0.2, 0.25) is 0 Å². The number of nitrogens with two attached hydrogens (primary N) is 1. The lowest BCUT2D eigenvalue weighted by atomic mass is 10.1. The van der Waals surface area contributed by atoms with Crippen LogP contribution in [0.15, 0.2) is 31.0 Å². The van der Waals surface area contributed by atoms with Crippen molar-refractivity contribution in [2.45, 2.75) is 0 Å². The average Bonchev–Trinajstić information content (AvgIpc) is 2.19. The first-order chi connectivity index (χ1) is 7.08. The van der Waals surface area contributed by atoms with E-state index in [1.54, 1.807) is 12.3 Å². The summed E-state index contributed by atoms with van der Waals surface area (Å²) in [6, 6.07) is 4.58. The molecule has 0 aliphatic rings. The summed E-state index contributed by atoms with van der Waals surface area (Å²) < 4.78 is 0. The number of benzene rings is 1. The normalized spacial score (nSPS) is 10.4.